The van der Waals surface area contributed by atoms with E-state index in [1.165, 1.54) is 40.1 Å². The molecule has 0 amide bonds. The minimum Gasteiger partial charge on any atom is -0.312 e. The summed E-state index contributed by atoms with van der Waals surface area (Å²) in [6.45, 7) is 5.17. The van der Waals surface area contributed by atoms with Crippen LogP contribution in [0.4, 0.5) is 5.69 Å². The van der Waals surface area contributed by atoms with Gasteiger partial charge in [0.15, 0.2) is 0 Å². The lowest BCUT2D eigenvalue weighted by atomic mass is 9.91. The third-order valence-electron chi connectivity index (χ3n) is 7.02. The van der Waals surface area contributed by atoms with Crippen LogP contribution in [0.2, 0.25) is 5.02 Å². The fourth-order valence-electron chi connectivity index (χ4n) is 5.09. The quantitative estimate of drug-likeness (QED) is 0.318. The summed E-state index contributed by atoms with van der Waals surface area (Å²) in [4.78, 5) is 27.0. The zero-order valence-corrected chi connectivity index (χ0v) is 21.8. The molecule has 2 heterocycles. The summed E-state index contributed by atoms with van der Waals surface area (Å²) < 4.78 is 1.04. The molecule has 1 aromatic heterocycles. The highest BCUT2D eigenvalue weighted by Gasteiger charge is 2.16. The number of unbranched alkanes of at least 4 members (excludes halogenated alkanes) is 2. The Balaban J connectivity index is 1.35. The molecule has 0 spiro atoms. The van der Waals surface area contributed by atoms with Crippen LogP contribution in [0.25, 0.3) is 5.57 Å². The SMILES string of the molecule is CCc1c(C)ccc(Nn2c(=O)cc[nH]c2=O)c1CCCCCC1CC(c2ccc(Cl)cc2)=CCN1. The van der Waals surface area contributed by atoms with Crippen molar-refractivity contribution in [2.75, 3.05) is 12.0 Å². The molecule has 0 radical (unpaired) electrons. The van der Waals surface area contributed by atoms with Gasteiger partial charge in [-0.25, -0.2) is 4.79 Å². The number of rotatable bonds is 10. The lowest BCUT2D eigenvalue weighted by Gasteiger charge is -2.25. The zero-order chi connectivity index (χ0) is 25.5. The van der Waals surface area contributed by atoms with Gasteiger partial charge in [-0.05, 0) is 85.1 Å². The van der Waals surface area contributed by atoms with Gasteiger partial charge in [0.25, 0.3) is 5.56 Å². The molecule has 36 heavy (non-hydrogen) atoms. The molecule has 4 rings (SSSR count). The lowest BCUT2D eigenvalue weighted by molar-refractivity contribution is 0.472. The molecule has 0 aliphatic carbocycles. The summed E-state index contributed by atoms with van der Waals surface area (Å²) in [6, 6.07) is 14.0. The molecule has 1 aliphatic rings. The fourth-order valence-corrected chi connectivity index (χ4v) is 5.21. The highest BCUT2D eigenvalue weighted by atomic mass is 35.5. The van der Waals surface area contributed by atoms with E-state index in [9.17, 15) is 9.59 Å². The second kappa shape index (κ2) is 12.2. The molecule has 190 valence electrons. The van der Waals surface area contributed by atoms with E-state index in [2.05, 4.69) is 47.8 Å². The first-order valence-corrected chi connectivity index (χ1v) is 13.2. The van der Waals surface area contributed by atoms with Crippen molar-refractivity contribution in [1.82, 2.24) is 15.0 Å². The van der Waals surface area contributed by atoms with Crippen molar-refractivity contribution in [3.8, 4) is 0 Å². The molecule has 1 atom stereocenters. The van der Waals surface area contributed by atoms with Crippen molar-refractivity contribution >= 4 is 22.9 Å². The number of hydrogen-bond donors (Lipinski definition) is 3. The number of anilines is 1. The summed E-state index contributed by atoms with van der Waals surface area (Å²) in [5.41, 5.74) is 9.40. The molecule has 3 aromatic rings. The van der Waals surface area contributed by atoms with E-state index in [1.54, 1.807) is 0 Å². The molecule has 3 N–H and O–H groups in total. The smallest absolute Gasteiger partial charge is 0.312 e. The van der Waals surface area contributed by atoms with Crippen molar-refractivity contribution in [3.05, 3.63) is 103 Å². The predicted molar refractivity (Wildman–Crippen MR) is 149 cm³/mol. The summed E-state index contributed by atoms with van der Waals surface area (Å²) >= 11 is 6.05. The van der Waals surface area contributed by atoms with Crippen molar-refractivity contribution in [3.63, 3.8) is 0 Å². The van der Waals surface area contributed by atoms with Crippen molar-refractivity contribution in [1.29, 1.82) is 0 Å². The van der Waals surface area contributed by atoms with Crippen molar-refractivity contribution in [2.45, 2.75) is 64.8 Å². The molecule has 7 heteroatoms. The first-order valence-electron chi connectivity index (χ1n) is 12.8. The minimum atomic E-state index is -0.473. The van der Waals surface area contributed by atoms with Crippen LogP contribution in [0.15, 0.2) is 64.3 Å². The fraction of sp³-hybridized carbons (Fsp3) is 0.379. The number of aromatic amines is 1. The maximum atomic E-state index is 12.2. The van der Waals surface area contributed by atoms with Crippen LogP contribution in [0.5, 0.6) is 0 Å². The summed E-state index contributed by atoms with van der Waals surface area (Å²) in [5, 5.41) is 4.40. The first kappa shape index (κ1) is 26.0. The Morgan fingerprint density at radius 2 is 1.83 bits per heavy atom. The van der Waals surface area contributed by atoms with Gasteiger partial charge in [0.1, 0.15) is 0 Å². The molecular formula is C29H35ClN4O2. The van der Waals surface area contributed by atoms with Crippen LogP contribution >= 0.6 is 11.6 Å². The number of nitrogens with zero attached hydrogens (tertiary/aromatic N) is 1. The van der Waals surface area contributed by atoms with E-state index >= 15 is 0 Å². The van der Waals surface area contributed by atoms with Gasteiger partial charge in [-0.3, -0.25) is 10.2 Å². The molecular weight excluding hydrogens is 472 g/mol. The Labute approximate surface area is 217 Å². The molecule has 0 bridgehead atoms. The van der Waals surface area contributed by atoms with Crippen LogP contribution in [0, 0.1) is 6.92 Å². The molecule has 6 nitrogen and oxygen atoms in total. The lowest BCUT2D eigenvalue weighted by Crippen LogP contribution is -2.39. The van der Waals surface area contributed by atoms with Crippen molar-refractivity contribution < 1.29 is 0 Å². The van der Waals surface area contributed by atoms with E-state index in [0.29, 0.717) is 6.04 Å². The van der Waals surface area contributed by atoms with Crippen LogP contribution in [-0.4, -0.2) is 22.2 Å². The van der Waals surface area contributed by atoms with Crippen LogP contribution in [-0.2, 0) is 12.8 Å². The van der Waals surface area contributed by atoms with Gasteiger partial charge in [0.05, 0.1) is 5.69 Å². The molecule has 1 aliphatic heterocycles. The second-order valence-corrected chi connectivity index (χ2v) is 9.89. The molecule has 0 saturated heterocycles. The highest BCUT2D eigenvalue weighted by molar-refractivity contribution is 6.30. The average molecular weight is 507 g/mol. The topological polar surface area (TPSA) is 78.9 Å². The number of aryl methyl sites for hydroxylation is 1. The van der Waals surface area contributed by atoms with E-state index in [1.807, 2.05) is 24.3 Å². The summed E-state index contributed by atoms with van der Waals surface area (Å²) in [6.07, 6.45) is 11.0. The van der Waals surface area contributed by atoms with E-state index < -0.39 is 5.69 Å². The van der Waals surface area contributed by atoms with Gasteiger partial charge in [-0.15, -0.1) is 0 Å². The molecule has 2 aromatic carbocycles. The normalized spacial score (nSPS) is 15.5. The Morgan fingerprint density at radius 3 is 2.58 bits per heavy atom. The second-order valence-electron chi connectivity index (χ2n) is 9.45. The average Bonchev–Trinajstić information content (AvgIpc) is 2.88. The first-order chi connectivity index (χ1) is 17.5. The Morgan fingerprint density at radius 1 is 1.03 bits per heavy atom. The Kier molecular flexibility index (Phi) is 8.83. The Bertz CT molecular complexity index is 1300. The third-order valence-corrected chi connectivity index (χ3v) is 7.28. The monoisotopic (exact) mass is 506 g/mol. The van der Waals surface area contributed by atoms with E-state index in [-0.39, 0.29) is 5.56 Å². The Hall–Kier alpha value is -3.09. The van der Waals surface area contributed by atoms with Crippen LogP contribution < -0.4 is 22.0 Å². The number of hydrogen-bond acceptors (Lipinski definition) is 4. The maximum Gasteiger partial charge on any atom is 0.347 e. The number of aromatic nitrogens is 2. The minimum absolute atomic E-state index is 0.379. The van der Waals surface area contributed by atoms with Gasteiger partial charge >= 0.3 is 5.69 Å². The van der Waals surface area contributed by atoms with Gasteiger partial charge in [-0.1, -0.05) is 55.6 Å². The highest BCUT2D eigenvalue weighted by Crippen LogP contribution is 2.28. The van der Waals surface area contributed by atoms with Crippen LogP contribution in [0.1, 0.15) is 61.3 Å². The molecule has 1 unspecified atom stereocenters. The number of halogens is 1. The molecule has 0 saturated carbocycles. The van der Waals surface area contributed by atoms with Crippen LogP contribution in [0.3, 0.4) is 0 Å². The van der Waals surface area contributed by atoms with Crippen molar-refractivity contribution in [2.24, 2.45) is 0 Å². The zero-order valence-electron chi connectivity index (χ0n) is 21.1. The van der Waals surface area contributed by atoms with E-state index in [0.717, 1.165) is 66.9 Å². The maximum absolute atomic E-state index is 12.2. The standard InChI is InChI=1S/C29H35ClN4O2/c1-3-25-20(2)9-14-27(33-34-28(35)16-18-32-29(34)36)26(25)8-6-4-5-7-24-19-22(15-17-31-24)21-10-12-23(30)13-11-21/h9-16,18,24,31,33H,3-8,17,19H2,1-2H3,(H,32,36). The predicted octanol–water partition coefficient (Wildman–Crippen LogP) is 5.48. The third kappa shape index (κ3) is 6.37. The van der Waals surface area contributed by atoms with E-state index in [4.69, 9.17) is 11.6 Å². The molecule has 0 fully saturated rings. The number of H-pyrrole nitrogens is 1. The van der Waals surface area contributed by atoms with Gasteiger partial charge in [-0.2, -0.15) is 4.68 Å². The number of benzene rings is 2. The van der Waals surface area contributed by atoms with Gasteiger partial charge in [0.2, 0.25) is 0 Å². The van der Waals surface area contributed by atoms with Gasteiger partial charge in [0, 0.05) is 29.9 Å². The summed E-state index contributed by atoms with van der Waals surface area (Å²) in [7, 11) is 0. The number of nitrogens with one attached hydrogen (secondary N) is 3. The largest absolute Gasteiger partial charge is 0.347 e. The summed E-state index contributed by atoms with van der Waals surface area (Å²) in [5.74, 6) is 0. The van der Waals surface area contributed by atoms with Gasteiger partial charge < -0.3 is 10.3 Å².